The van der Waals surface area contributed by atoms with E-state index < -0.39 is 29.0 Å². The molecule has 0 unspecified atom stereocenters. The molecule has 0 bridgehead atoms. The first kappa shape index (κ1) is 16.7. The van der Waals surface area contributed by atoms with Crippen molar-refractivity contribution in [3.63, 3.8) is 0 Å². The van der Waals surface area contributed by atoms with Crippen LogP contribution in [0.3, 0.4) is 0 Å². The van der Waals surface area contributed by atoms with E-state index in [-0.39, 0.29) is 18.8 Å². The Kier molecular flexibility index (Phi) is 5.51. The largest absolute Gasteiger partial charge is 0.416 e. The van der Waals surface area contributed by atoms with Crippen LogP contribution < -0.4 is 11.1 Å². The highest BCUT2D eigenvalue weighted by Gasteiger charge is 2.31. The van der Waals surface area contributed by atoms with Gasteiger partial charge in [0.1, 0.15) is 11.7 Å². The second-order valence-electron chi connectivity index (χ2n) is 4.14. The standard InChI is InChI=1S/C12H13F4N3O2/c13-9-4-3-7(12(14,15)16)6-8(9)11(20)18-5-1-2-10(17)19-21/h3-4,6,21H,1-2,5H2,(H2,17,19)(H,18,20). The molecule has 5 nitrogen and oxygen atoms in total. The normalized spacial score (nSPS) is 12.3. The quantitative estimate of drug-likeness (QED) is 0.194. The maximum atomic E-state index is 13.4. The highest BCUT2D eigenvalue weighted by Crippen LogP contribution is 2.30. The van der Waals surface area contributed by atoms with Gasteiger partial charge in [0.05, 0.1) is 11.1 Å². The summed E-state index contributed by atoms with van der Waals surface area (Å²) < 4.78 is 50.9. The van der Waals surface area contributed by atoms with Crippen molar-refractivity contribution in [1.29, 1.82) is 0 Å². The van der Waals surface area contributed by atoms with E-state index in [2.05, 4.69) is 10.5 Å². The third-order valence-electron chi connectivity index (χ3n) is 2.56. The van der Waals surface area contributed by atoms with E-state index in [1.54, 1.807) is 0 Å². The monoisotopic (exact) mass is 307 g/mol. The molecule has 1 aromatic carbocycles. The molecule has 1 amide bonds. The highest BCUT2D eigenvalue weighted by molar-refractivity contribution is 5.94. The summed E-state index contributed by atoms with van der Waals surface area (Å²) >= 11 is 0. The second-order valence-corrected chi connectivity index (χ2v) is 4.14. The maximum Gasteiger partial charge on any atom is 0.416 e. The lowest BCUT2D eigenvalue weighted by atomic mass is 10.1. The van der Waals surface area contributed by atoms with Crippen LogP contribution >= 0.6 is 0 Å². The topological polar surface area (TPSA) is 87.7 Å². The molecular formula is C12H13F4N3O2. The number of hydrogen-bond donors (Lipinski definition) is 3. The van der Waals surface area contributed by atoms with Crippen LogP contribution in [0.2, 0.25) is 0 Å². The third kappa shape index (κ3) is 4.93. The summed E-state index contributed by atoms with van der Waals surface area (Å²) in [5, 5.41) is 13.3. The number of nitrogens with zero attached hydrogens (tertiary/aromatic N) is 1. The molecule has 1 rings (SSSR count). The minimum absolute atomic E-state index is 0.0464. The van der Waals surface area contributed by atoms with Crippen molar-refractivity contribution in [3.8, 4) is 0 Å². The van der Waals surface area contributed by atoms with Crippen LogP contribution in [0.5, 0.6) is 0 Å². The molecule has 0 fully saturated rings. The van der Waals surface area contributed by atoms with Crippen molar-refractivity contribution < 1.29 is 27.6 Å². The highest BCUT2D eigenvalue weighted by atomic mass is 19.4. The third-order valence-corrected chi connectivity index (χ3v) is 2.56. The van der Waals surface area contributed by atoms with Crippen LogP contribution in [0, 0.1) is 5.82 Å². The van der Waals surface area contributed by atoms with Crippen LogP contribution in [0.4, 0.5) is 17.6 Å². The average molecular weight is 307 g/mol. The molecule has 9 heteroatoms. The van der Waals surface area contributed by atoms with E-state index in [4.69, 9.17) is 10.9 Å². The predicted octanol–water partition coefficient (Wildman–Crippen LogP) is 2.10. The number of carbonyl (C=O) groups is 1. The summed E-state index contributed by atoms with van der Waals surface area (Å²) in [7, 11) is 0. The molecule has 0 aliphatic heterocycles. The van der Waals surface area contributed by atoms with Crippen molar-refractivity contribution in [2.45, 2.75) is 19.0 Å². The Morgan fingerprint density at radius 3 is 2.62 bits per heavy atom. The van der Waals surface area contributed by atoms with Gasteiger partial charge in [-0.05, 0) is 24.6 Å². The lowest BCUT2D eigenvalue weighted by molar-refractivity contribution is -0.137. The Morgan fingerprint density at radius 1 is 1.38 bits per heavy atom. The van der Waals surface area contributed by atoms with E-state index >= 15 is 0 Å². The van der Waals surface area contributed by atoms with Gasteiger partial charge in [-0.1, -0.05) is 5.16 Å². The summed E-state index contributed by atoms with van der Waals surface area (Å²) in [5.74, 6) is -2.05. The average Bonchev–Trinajstić information content (AvgIpc) is 2.42. The zero-order chi connectivity index (χ0) is 16.0. The van der Waals surface area contributed by atoms with Gasteiger partial charge in [0.25, 0.3) is 5.91 Å². The van der Waals surface area contributed by atoms with Crippen LogP contribution in [-0.2, 0) is 6.18 Å². The van der Waals surface area contributed by atoms with Gasteiger partial charge in [0, 0.05) is 13.0 Å². The first-order valence-electron chi connectivity index (χ1n) is 5.87. The smallest absolute Gasteiger partial charge is 0.409 e. The van der Waals surface area contributed by atoms with Crippen molar-refractivity contribution in [1.82, 2.24) is 5.32 Å². The SMILES string of the molecule is N/C(CCCNC(=O)c1cc(C(F)(F)F)ccc1F)=N/O. The van der Waals surface area contributed by atoms with Gasteiger partial charge < -0.3 is 16.3 Å². The Labute approximate surface area is 117 Å². The van der Waals surface area contributed by atoms with Crippen molar-refractivity contribution >= 4 is 11.7 Å². The fraction of sp³-hybridized carbons (Fsp3) is 0.333. The number of rotatable bonds is 5. The Balaban J connectivity index is 2.70. The fourth-order valence-electron chi connectivity index (χ4n) is 1.49. The Morgan fingerprint density at radius 2 is 2.05 bits per heavy atom. The van der Waals surface area contributed by atoms with Gasteiger partial charge in [0.15, 0.2) is 0 Å². The van der Waals surface area contributed by atoms with E-state index in [0.29, 0.717) is 24.6 Å². The number of alkyl halides is 3. The molecule has 0 saturated carbocycles. The number of amides is 1. The number of benzene rings is 1. The second kappa shape index (κ2) is 6.91. The molecule has 0 aliphatic rings. The molecule has 0 saturated heterocycles. The number of nitrogens with one attached hydrogen (secondary N) is 1. The van der Waals surface area contributed by atoms with Gasteiger partial charge in [-0.15, -0.1) is 0 Å². The fourth-order valence-corrected chi connectivity index (χ4v) is 1.49. The summed E-state index contributed by atoms with van der Waals surface area (Å²) in [6.07, 6.45) is -4.18. The minimum Gasteiger partial charge on any atom is -0.409 e. The molecule has 0 spiro atoms. The molecule has 1 aromatic rings. The molecular weight excluding hydrogens is 294 g/mol. The molecule has 21 heavy (non-hydrogen) atoms. The van der Waals surface area contributed by atoms with Gasteiger partial charge in [-0.25, -0.2) is 4.39 Å². The van der Waals surface area contributed by atoms with Crippen LogP contribution in [-0.4, -0.2) is 23.5 Å². The molecule has 116 valence electrons. The molecule has 4 N–H and O–H groups in total. The van der Waals surface area contributed by atoms with E-state index in [0.717, 1.165) is 0 Å². The van der Waals surface area contributed by atoms with Crippen molar-refractivity contribution in [2.24, 2.45) is 10.9 Å². The lowest BCUT2D eigenvalue weighted by Gasteiger charge is -2.10. The lowest BCUT2D eigenvalue weighted by Crippen LogP contribution is -2.27. The number of amidine groups is 1. The van der Waals surface area contributed by atoms with Crippen LogP contribution in [0.15, 0.2) is 23.4 Å². The van der Waals surface area contributed by atoms with E-state index in [1.165, 1.54) is 0 Å². The predicted molar refractivity (Wildman–Crippen MR) is 66.4 cm³/mol. The van der Waals surface area contributed by atoms with Crippen LogP contribution in [0.25, 0.3) is 0 Å². The first-order chi connectivity index (χ1) is 9.75. The maximum absolute atomic E-state index is 13.4. The van der Waals surface area contributed by atoms with Crippen molar-refractivity contribution in [3.05, 3.63) is 35.1 Å². The Bertz CT molecular complexity index is 544. The molecule has 0 aromatic heterocycles. The molecule has 0 atom stereocenters. The minimum atomic E-state index is -4.66. The van der Waals surface area contributed by atoms with Crippen LogP contribution in [0.1, 0.15) is 28.8 Å². The summed E-state index contributed by atoms with van der Waals surface area (Å²) in [5.41, 5.74) is 3.40. The van der Waals surface area contributed by atoms with E-state index in [1.807, 2.05) is 0 Å². The summed E-state index contributed by atoms with van der Waals surface area (Å²) in [6, 6.07) is 1.60. The molecule has 0 aliphatic carbocycles. The van der Waals surface area contributed by atoms with Gasteiger partial charge in [-0.2, -0.15) is 13.2 Å². The first-order valence-corrected chi connectivity index (χ1v) is 5.87. The number of halogens is 4. The molecule has 0 radical (unpaired) electrons. The number of hydrogen-bond acceptors (Lipinski definition) is 3. The Hall–Kier alpha value is -2.32. The summed E-state index contributed by atoms with van der Waals surface area (Å²) in [6.45, 7) is 0.0464. The number of oxime groups is 1. The molecule has 0 heterocycles. The zero-order valence-corrected chi connectivity index (χ0v) is 10.7. The van der Waals surface area contributed by atoms with E-state index in [9.17, 15) is 22.4 Å². The number of nitrogens with two attached hydrogens (primary N) is 1. The zero-order valence-electron chi connectivity index (χ0n) is 10.7. The van der Waals surface area contributed by atoms with Gasteiger partial charge in [0.2, 0.25) is 0 Å². The number of carbonyl (C=O) groups excluding carboxylic acids is 1. The van der Waals surface area contributed by atoms with Crippen molar-refractivity contribution in [2.75, 3.05) is 6.54 Å². The summed E-state index contributed by atoms with van der Waals surface area (Å²) in [4.78, 5) is 11.6. The van der Waals surface area contributed by atoms with Gasteiger partial charge in [-0.3, -0.25) is 4.79 Å². The van der Waals surface area contributed by atoms with Gasteiger partial charge >= 0.3 is 6.18 Å².